The molecule has 0 heterocycles. The van der Waals surface area contributed by atoms with E-state index in [1.807, 2.05) is 0 Å². The van der Waals surface area contributed by atoms with Gasteiger partial charge in [-0.05, 0) is 25.0 Å². The SMILES string of the molecule is FC(F)(F)C(F)(CCC=COC=CCCC(F)(C(F)(F)F)C(F)(F)F)C(F)(F)F. The summed E-state index contributed by atoms with van der Waals surface area (Å²) in [4.78, 5) is 0. The van der Waals surface area contributed by atoms with Crippen LogP contribution >= 0.6 is 0 Å². The Balaban J connectivity index is 4.65. The first-order valence-corrected chi connectivity index (χ1v) is 7.31. The van der Waals surface area contributed by atoms with Crippen molar-refractivity contribution >= 4 is 0 Å². The maximum atomic E-state index is 13.2. The Kier molecular flexibility index (Phi) is 8.45. The molecule has 0 spiro atoms. The molecule has 0 fully saturated rings. The van der Waals surface area contributed by atoms with Gasteiger partial charge < -0.3 is 4.74 Å². The summed E-state index contributed by atoms with van der Waals surface area (Å²) in [5.74, 6) is 0. The zero-order chi connectivity index (χ0) is 23.4. The fourth-order valence-corrected chi connectivity index (χ4v) is 1.75. The van der Waals surface area contributed by atoms with E-state index in [1.165, 1.54) is 0 Å². The van der Waals surface area contributed by atoms with Gasteiger partial charge in [-0.25, -0.2) is 8.78 Å². The number of alkyl halides is 14. The number of rotatable bonds is 8. The molecule has 0 aliphatic heterocycles. The van der Waals surface area contributed by atoms with Gasteiger partial charge in [0.2, 0.25) is 0 Å². The van der Waals surface area contributed by atoms with Gasteiger partial charge in [0.05, 0.1) is 12.5 Å². The van der Waals surface area contributed by atoms with E-state index in [-0.39, 0.29) is 0 Å². The van der Waals surface area contributed by atoms with Crippen LogP contribution in [0.4, 0.5) is 61.5 Å². The van der Waals surface area contributed by atoms with Crippen molar-refractivity contribution in [2.24, 2.45) is 0 Å². The lowest BCUT2D eigenvalue weighted by atomic mass is 9.98. The Hall–Kier alpha value is -1.70. The third-order valence-corrected chi connectivity index (χ3v) is 3.46. The molecule has 0 aliphatic rings. The van der Waals surface area contributed by atoms with E-state index in [4.69, 9.17) is 0 Å². The lowest BCUT2D eigenvalue weighted by molar-refractivity contribution is -0.343. The number of hydrogen-bond acceptors (Lipinski definition) is 1. The van der Waals surface area contributed by atoms with Crippen molar-refractivity contribution in [1.82, 2.24) is 0 Å². The zero-order valence-corrected chi connectivity index (χ0v) is 13.8. The molecular formula is C14H12F14O. The molecule has 0 amide bonds. The van der Waals surface area contributed by atoms with Gasteiger partial charge in [-0.15, -0.1) is 0 Å². The van der Waals surface area contributed by atoms with Crippen LogP contribution in [0.15, 0.2) is 24.7 Å². The Morgan fingerprint density at radius 3 is 0.897 bits per heavy atom. The van der Waals surface area contributed by atoms with Crippen LogP contribution in [0.5, 0.6) is 0 Å². The van der Waals surface area contributed by atoms with Crippen molar-refractivity contribution in [2.75, 3.05) is 0 Å². The number of halogens is 14. The smallest absolute Gasteiger partial charge is 0.431 e. The molecule has 0 aromatic rings. The van der Waals surface area contributed by atoms with Crippen molar-refractivity contribution in [3.8, 4) is 0 Å². The van der Waals surface area contributed by atoms with Gasteiger partial charge in [0.15, 0.2) is 0 Å². The van der Waals surface area contributed by atoms with Crippen molar-refractivity contribution in [2.45, 2.75) is 61.7 Å². The second kappa shape index (κ2) is 8.98. The Morgan fingerprint density at radius 2 is 0.690 bits per heavy atom. The van der Waals surface area contributed by atoms with Gasteiger partial charge in [0, 0.05) is 12.8 Å². The fraction of sp³-hybridized carbons (Fsp3) is 0.714. The summed E-state index contributed by atoms with van der Waals surface area (Å²) in [7, 11) is 0. The molecule has 0 saturated carbocycles. The minimum Gasteiger partial charge on any atom is -0.473 e. The average molecular weight is 462 g/mol. The molecule has 172 valence electrons. The topological polar surface area (TPSA) is 9.23 Å². The van der Waals surface area contributed by atoms with Gasteiger partial charge in [0.1, 0.15) is 0 Å². The molecule has 0 radical (unpaired) electrons. The van der Waals surface area contributed by atoms with E-state index in [9.17, 15) is 61.5 Å². The first-order valence-electron chi connectivity index (χ1n) is 7.31. The van der Waals surface area contributed by atoms with Crippen molar-refractivity contribution < 1.29 is 66.2 Å². The van der Waals surface area contributed by atoms with E-state index in [0.717, 1.165) is 0 Å². The van der Waals surface area contributed by atoms with Crippen molar-refractivity contribution in [3.05, 3.63) is 24.7 Å². The molecule has 0 atom stereocenters. The largest absolute Gasteiger partial charge is 0.473 e. The zero-order valence-electron chi connectivity index (χ0n) is 13.8. The second-order valence-corrected chi connectivity index (χ2v) is 5.55. The van der Waals surface area contributed by atoms with E-state index < -0.39 is 61.7 Å². The number of hydrogen-bond donors (Lipinski definition) is 0. The Labute approximate surface area is 154 Å². The summed E-state index contributed by atoms with van der Waals surface area (Å²) >= 11 is 0. The summed E-state index contributed by atoms with van der Waals surface area (Å²) in [5, 5.41) is 0. The lowest BCUT2D eigenvalue weighted by Gasteiger charge is -2.29. The standard InChI is InChI=1S/C14H12F14O/c15-9(11(17,18)19,12(20,21)22)5-1-3-7-29-8-4-2-6-10(16,13(23,24)25)14(26,27)28/h3-4,7-8H,1-2,5-6H2. The Bertz CT molecular complexity index is 485. The highest BCUT2D eigenvalue weighted by Gasteiger charge is 2.72. The summed E-state index contributed by atoms with van der Waals surface area (Å²) in [6.07, 6.45) is -29.5. The van der Waals surface area contributed by atoms with Gasteiger partial charge >= 0.3 is 24.7 Å². The van der Waals surface area contributed by atoms with E-state index in [1.54, 1.807) is 0 Å². The molecule has 0 bridgehead atoms. The molecule has 1 nitrogen and oxygen atoms in total. The first kappa shape index (κ1) is 27.3. The highest BCUT2D eigenvalue weighted by molar-refractivity contribution is 4.97. The maximum absolute atomic E-state index is 13.2. The first-order chi connectivity index (χ1) is 12.7. The molecular weight excluding hydrogens is 450 g/mol. The lowest BCUT2D eigenvalue weighted by Crippen LogP contribution is -2.53. The molecule has 29 heavy (non-hydrogen) atoms. The van der Waals surface area contributed by atoms with E-state index in [0.29, 0.717) is 24.7 Å². The summed E-state index contributed by atoms with van der Waals surface area (Å²) in [6.45, 7) is 0. The van der Waals surface area contributed by atoms with Crippen molar-refractivity contribution in [3.63, 3.8) is 0 Å². The van der Waals surface area contributed by atoms with Crippen LogP contribution < -0.4 is 0 Å². The Morgan fingerprint density at radius 1 is 0.448 bits per heavy atom. The molecule has 15 heteroatoms. The van der Waals surface area contributed by atoms with Crippen LogP contribution in [0.3, 0.4) is 0 Å². The van der Waals surface area contributed by atoms with Crippen LogP contribution in [0.2, 0.25) is 0 Å². The van der Waals surface area contributed by atoms with Crippen LogP contribution in [0, 0.1) is 0 Å². The van der Waals surface area contributed by atoms with Crippen LogP contribution in [0.25, 0.3) is 0 Å². The van der Waals surface area contributed by atoms with Crippen LogP contribution in [0.1, 0.15) is 25.7 Å². The average Bonchev–Trinajstić information content (AvgIpc) is 2.48. The normalized spacial score (nSPS) is 15.5. The molecule has 0 rings (SSSR count). The molecule has 0 unspecified atom stereocenters. The van der Waals surface area contributed by atoms with E-state index in [2.05, 4.69) is 4.74 Å². The third-order valence-electron chi connectivity index (χ3n) is 3.46. The van der Waals surface area contributed by atoms with Crippen molar-refractivity contribution in [1.29, 1.82) is 0 Å². The minimum absolute atomic E-state index is 0.417. The summed E-state index contributed by atoms with van der Waals surface area (Å²) in [5.41, 5.74) is -11.0. The molecule has 0 aromatic carbocycles. The molecule has 0 aromatic heterocycles. The number of allylic oxidation sites excluding steroid dienone is 2. The quantitative estimate of drug-likeness (QED) is 0.273. The van der Waals surface area contributed by atoms with Gasteiger partial charge in [-0.1, -0.05) is 0 Å². The van der Waals surface area contributed by atoms with Crippen LogP contribution in [-0.4, -0.2) is 36.0 Å². The summed E-state index contributed by atoms with van der Waals surface area (Å²) < 4.78 is 177. The molecule has 0 saturated heterocycles. The fourth-order valence-electron chi connectivity index (χ4n) is 1.75. The van der Waals surface area contributed by atoms with E-state index >= 15 is 0 Å². The highest BCUT2D eigenvalue weighted by atomic mass is 19.4. The molecule has 0 N–H and O–H groups in total. The maximum Gasteiger partial charge on any atom is 0.431 e. The summed E-state index contributed by atoms with van der Waals surface area (Å²) in [6, 6.07) is 0. The number of ether oxygens (including phenoxy) is 1. The van der Waals surface area contributed by atoms with Gasteiger partial charge in [0.25, 0.3) is 11.3 Å². The predicted molar refractivity (Wildman–Crippen MR) is 69.7 cm³/mol. The minimum atomic E-state index is -6.24. The monoisotopic (exact) mass is 462 g/mol. The van der Waals surface area contributed by atoms with Crippen LogP contribution in [-0.2, 0) is 4.74 Å². The van der Waals surface area contributed by atoms with Gasteiger partial charge in [-0.2, -0.15) is 52.7 Å². The highest BCUT2D eigenvalue weighted by Crippen LogP contribution is 2.50. The second-order valence-electron chi connectivity index (χ2n) is 5.55. The van der Waals surface area contributed by atoms with Gasteiger partial charge in [-0.3, -0.25) is 0 Å². The predicted octanol–water partition coefficient (Wildman–Crippen LogP) is 7.26. The third kappa shape index (κ3) is 6.66. The molecule has 0 aliphatic carbocycles.